The Labute approximate surface area is 80.2 Å². The normalized spacial score (nSPS) is 8.85. The Bertz CT molecular complexity index is 183. The third-order valence-corrected chi connectivity index (χ3v) is 1.55. The third-order valence-electron chi connectivity index (χ3n) is 1.55. The van der Waals surface area contributed by atoms with Crippen molar-refractivity contribution in [1.29, 1.82) is 0 Å². The highest BCUT2D eigenvalue weighted by Gasteiger charge is 1.79. The summed E-state index contributed by atoms with van der Waals surface area (Å²) in [6.45, 7) is 2.73. The van der Waals surface area contributed by atoms with Gasteiger partial charge in [-0.2, -0.15) is 0 Å². The van der Waals surface area contributed by atoms with E-state index in [-0.39, 0.29) is 6.61 Å². The van der Waals surface area contributed by atoms with Gasteiger partial charge in [-0.05, 0) is 12.0 Å². The van der Waals surface area contributed by atoms with E-state index in [0.717, 1.165) is 6.42 Å². The molecule has 13 heavy (non-hydrogen) atoms. The maximum absolute atomic E-state index is 7.94. The highest BCUT2D eigenvalue weighted by atomic mass is 16.5. The van der Waals surface area contributed by atoms with Crippen molar-refractivity contribution in [3.63, 3.8) is 0 Å². The number of aliphatic hydroxyl groups excluding tert-OH is 1. The Morgan fingerprint density at radius 3 is 2.08 bits per heavy atom. The van der Waals surface area contributed by atoms with Crippen LogP contribution in [0.4, 0.5) is 0 Å². The molecule has 0 saturated heterocycles. The van der Waals surface area contributed by atoms with E-state index in [2.05, 4.69) is 35.9 Å². The molecule has 0 unspecified atom stereocenters. The number of hydrogen-bond acceptors (Lipinski definition) is 2. The Hall–Kier alpha value is -0.860. The number of methoxy groups -OCH3 is 1. The molecule has 0 aromatic heterocycles. The van der Waals surface area contributed by atoms with E-state index >= 15 is 0 Å². The van der Waals surface area contributed by atoms with Crippen LogP contribution in [0, 0.1) is 0 Å². The quantitative estimate of drug-likeness (QED) is 0.773. The van der Waals surface area contributed by atoms with Crippen LogP contribution in [0.25, 0.3) is 0 Å². The first-order chi connectivity index (χ1) is 6.35. The second-order valence-corrected chi connectivity index (χ2v) is 2.56. The molecule has 0 heterocycles. The highest BCUT2D eigenvalue weighted by molar-refractivity contribution is 5.13. The molecule has 1 N–H and O–H groups in total. The van der Waals surface area contributed by atoms with Gasteiger partial charge in [0.25, 0.3) is 0 Å². The molecule has 74 valence electrons. The summed E-state index contributed by atoms with van der Waals surface area (Å²) >= 11 is 0. The summed E-state index contributed by atoms with van der Waals surface area (Å²) in [6.07, 6.45) is 1.14. The van der Waals surface area contributed by atoms with Gasteiger partial charge in [-0.1, -0.05) is 37.3 Å². The van der Waals surface area contributed by atoms with Crippen LogP contribution in [0.2, 0.25) is 0 Å². The summed E-state index contributed by atoms with van der Waals surface area (Å²) in [5.41, 5.74) is 1.41. The van der Waals surface area contributed by atoms with Gasteiger partial charge < -0.3 is 9.84 Å². The molecule has 1 aromatic carbocycles. The fraction of sp³-hybridized carbons (Fsp3) is 0.455. The van der Waals surface area contributed by atoms with E-state index in [1.807, 2.05) is 6.07 Å². The molecule has 2 nitrogen and oxygen atoms in total. The summed E-state index contributed by atoms with van der Waals surface area (Å²) < 4.78 is 4.44. The van der Waals surface area contributed by atoms with Gasteiger partial charge in [0.05, 0.1) is 13.2 Å². The van der Waals surface area contributed by atoms with E-state index in [4.69, 9.17) is 5.11 Å². The van der Waals surface area contributed by atoms with E-state index in [1.54, 1.807) is 7.11 Å². The minimum absolute atomic E-state index is 0.122. The zero-order valence-corrected chi connectivity index (χ0v) is 8.36. The van der Waals surface area contributed by atoms with E-state index < -0.39 is 0 Å². The molecular weight excluding hydrogens is 164 g/mol. The topological polar surface area (TPSA) is 29.5 Å². The van der Waals surface area contributed by atoms with E-state index in [0.29, 0.717) is 6.61 Å². The zero-order valence-electron chi connectivity index (χ0n) is 8.36. The van der Waals surface area contributed by atoms with Crippen LogP contribution in [-0.2, 0) is 11.2 Å². The Kier molecular flexibility index (Phi) is 8.62. The van der Waals surface area contributed by atoms with Crippen LogP contribution in [0.1, 0.15) is 12.5 Å². The average molecular weight is 182 g/mol. The smallest absolute Gasteiger partial charge is 0.0693 e. The fourth-order valence-electron chi connectivity index (χ4n) is 0.805. The number of aliphatic hydroxyl groups is 1. The van der Waals surface area contributed by atoms with Crippen molar-refractivity contribution in [3.8, 4) is 0 Å². The predicted molar refractivity (Wildman–Crippen MR) is 54.8 cm³/mol. The molecule has 2 heteroatoms. The highest BCUT2D eigenvalue weighted by Crippen LogP contribution is 1.96. The van der Waals surface area contributed by atoms with Crippen molar-refractivity contribution in [3.05, 3.63) is 35.9 Å². The molecule has 0 aliphatic heterocycles. The standard InChI is InChI=1S/C8H10.C3H8O2/c1-2-8-6-4-3-5-7-8;1-5-3-2-4/h3-7H,2H2,1H3;4H,2-3H2,1H3. The summed E-state index contributed by atoms with van der Waals surface area (Å²) in [6, 6.07) is 10.5. The lowest BCUT2D eigenvalue weighted by Crippen LogP contribution is -1.91. The minimum Gasteiger partial charge on any atom is -0.394 e. The number of ether oxygens (including phenoxy) is 1. The Morgan fingerprint density at radius 2 is 1.85 bits per heavy atom. The van der Waals surface area contributed by atoms with Crippen molar-refractivity contribution in [2.75, 3.05) is 20.3 Å². The van der Waals surface area contributed by atoms with Gasteiger partial charge in [0.1, 0.15) is 0 Å². The Balaban J connectivity index is 0.000000252. The van der Waals surface area contributed by atoms with Gasteiger partial charge in [0, 0.05) is 7.11 Å². The second kappa shape index (κ2) is 9.23. The maximum Gasteiger partial charge on any atom is 0.0693 e. The molecule has 0 spiro atoms. The number of benzene rings is 1. The van der Waals surface area contributed by atoms with Crippen molar-refractivity contribution >= 4 is 0 Å². The van der Waals surface area contributed by atoms with Crippen LogP contribution >= 0.6 is 0 Å². The van der Waals surface area contributed by atoms with Crippen LogP contribution in [0.15, 0.2) is 30.3 Å². The van der Waals surface area contributed by atoms with Crippen LogP contribution in [0.3, 0.4) is 0 Å². The van der Waals surface area contributed by atoms with Crippen molar-refractivity contribution in [2.45, 2.75) is 13.3 Å². The summed E-state index contributed by atoms with van der Waals surface area (Å²) in [5, 5.41) is 7.94. The van der Waals surface area contributed by atoms with Crippen LogP contribution in [-0.4, -0.2) is 25.4 Å². The number of aryl methyl sites for hydroxylation is 1. The van der Waals surface area contributed by atoms with Crippen molar-refractivity contribution < 1.29 is 9.84 Å². The molecule has 0 bridgehead atoms. The molecule has 0 aliphatic rings. The molecule has 0 atom stereocenters. The first-order valence-corrected chi connectivity index (χ1v) is 4.48. The first kappa shape index (κ1) is 12.1. The van der Waals surface area contributed by atoms with Gasteiger partial charge in [-0.25, -0.2) is 0 Å². The summed E-state index contributed by atoms with van der Waals surface area (Å²) in [7, 11) is 1.55. The lowest BCUT2D eigenvalue weighted by Gasteiger charge is -1.89. The third kappa shape index (κ3) is 7.50. The molecule has 0 aliphatic carbocycles. The number of rotatable bonds is 3. The van der Waals surface area contributed by atoms with E-state index in [9.17, 15) is 0 Å². The van der Waals surface area contributed by atoms with Gasteiger partial charge in [-0.3, -0.25) is 0 Å². The van der Waals surface area contributed by atoms with Gasteiger partial charge >= 0.3 is 0 Å². The lowest BCUT2D eigenvalue weighted by molar-refractivity contribution is 0.135. The van der Waals surface area contributed by atoms with Crippen molar-refractivity contribution in [2.24, 2.45) is 0 Å². The second-order valence-electron chi connectivity index (χ2n) is 2.56. The summed E-state index contributed by atoms with van der Waals surface area (Å²) in [4.78, 5) is 0. The minimum atomic E-state index is 0.122. The monoisotopic (exact) mass is 182 g/mol. The molecule has 0 amide bonds. The predicted octanol–water partition coefficient (Wildman–Crippen LogP) is 1.87. The van der Waals surface area contributed by atoms with Crippen molar-refractivity contribution in [1.82, 2.24) is 0 Å². The Morgan fingerprint density at radius 1 is 1.23 bits per heavy atom. The average Bonchev–Trinajstić information content (AvgIpc) is 2.21. The summed E-state index contributed by atoms with van der Waals surface area (Å²) in [5.74, 6) is 0. The molecule has 1 rings (SSSR count). The lowest BCUT2D eigenvalue weighted by atomic mass is 10.2. The molecule has 0 fully saturated rings. The molecule has 1 aromatic rings. The van der Waals surface area contributed by atoms with Crippen LogP contribution in [0.5, 0.6) is 0 Å². The van der Waals surface area contributed by atoms with Crippen LogP contribution < -0.4 is 0 Å². The maximum atomic E-state index is 7.94. The fourth-order valence-corrected chi connectivity index (χ4v) is 0.805. The zero-order chi connectivity index (χ0) is 9.94. The largest absolute Gasteiger partial charge is 0.394 e. The molecular formula is C11H18O2. The van der Waals surface area contributed by atoms with Gasteiger partial charge in [-0.15, -0.1) is 0 Å². The molecule has 0 radical (unpaired) electrons. The SMILES string of the molecule is CCc1ccccc1.COCCO. The van der Waals surface area contributed by atoms with E-state index in [1.165, 1.54) is 5.56 Å². The van der Waals surface area contributed by atoms with Gasteiger partial charge in [0.15, 0.2) is 0 Å². The molecule has 0 saturated carbocycles. The van der Waals surface area contributed by atoms with Gasteiger partial charge in [0.2, 0.25) is 0 Å². The first-order valence-electron chi connectivity index (χ1n) is 4.48. The number of hydrogen-bond donors (Lipinski definition) is 1.